The molecule has 0 radical (unpaired) electrons. The Morgan fingerprint density at radius 3 is 2.40 bits per heavy atom. The maximum absolute atomic E-state index is 5.15. The van der Waals surface area contributed by atoms with Gasteiger partial charge in [-0.25, -0.2) is 0 Å². The van der Waals surface area contributed by atoms with Gasteiger partial charge in [-0.2, -0.15) is 5.10 Å². The monoisotopic (exact) mass is 142 g/mol. The van der Waals surface area contributed by atoms with Gasteiger partial charge in [0, 0.05) is 5.71 Å². The summed E-state index contributed by atoms with van der Waals surface area (Å²) in [6.45, 7) is 4.29. The first-order chi connectivity index (χ1) is 4.85. The average molecular weight is 142 g/mol. The number of rotatable bonds is 5. The minimum Gasteiger partial charge on any atom is -0.323 e. The second kappa shape index (κ2) is 6.59. The molecule has 2 N–H and O–H groups in total. The minimum absolute atomic E-state index is 1.00. The quantitative estimate of drug-likeness (QED) is 0.272. The largest absolute Gasteiger partial charge is 0.323 e. The van der Waals surface area contributed by atoms with E-state index in [4.69, 9.17) is 5.84 Å². The van der Waals surface area contributed by atoms with Crippen LogP contribution in [0.3, 0.4) is 0 Å². The van der Waals surface area contributed by atoms with Crippen LogP contribution in [0.2, 0.25) is 0 Å². The van der Waals surface area contributed by atoms with E-state index in [2.05, 4.69) is 18.9 Å². The van der Waals surface area contributed by atoms with Gasteiger partial charge in [0.15, 0.2) is 0 Å². The average Bonchev–Trinajstić information content (AvgIpc) is 1.99. The lowest BCUT2D eigenvalue weighted by Gasteiger charge is -1.99. The van der Waals surface area contributed by atoms with Crippen molar-refractivity contribution >= 4 is 5.71 Å². The predicted octanol–water partition coefficient (Wildman–Crippen LogP) is 2.29. The van der Waals surface area contributed by atoms with Gasteiger partial charge >= 0.3 is 0 Å². The van der Waals surface area contributed by atoms with Crippen molar-refractivity contribution in [3.63, 3.8) is 0 Å². The van der Waals surface area contributed by atoms with Crippen LogP contribution in [0.1, 0.15) is 46.0 Å². The summed E-state index contributed by atoms with van der Waals surface area (Å²) in [7, 11) is 0. The van der Waals surface area contributed by atoms with E-state index in [1.54, 1.807) is 0 Å². The summed E-state index contributed by atoms with van der Waals surface area (Å²) in [4.78, 5) is 0. The third kappa shape index (κ3) is 4.36. The van der Waals surface area contributed by atoms with Gasteiger partial charge in [0.25, 0.3) is 0 Å². The summed E-state index contributed by atoms with van der Waals surface area (Å²) in [5.41, 5.74) is 1.15. The molecule has 60 valence electrons. The Balaban J connectivity index is 3.27. The minimum atomic E-state index is 1.00. The Morgan fingerprint density at radius 2 is 2.00 bits per heavy atom. The summed E-state index contributed by atoms with van der Waals surface area (Å²) in [6, 6.07) is 0. The third-order valence-electron chi connectivity index (χ3n) is 1.66. The summed E-state index contributed by atoms with van der Waals surface area (Å²) in [5, 5.41) is 3.69. The van der Waals surface area contributed by atoms with Crippen LogP contribution in [-0.4, -0.2) is 5.71 Å². The first-order valence-corrected chi connectivity index (χ1v) is 4.10. The molecule has 2 nitrogen and oxygen atoms in total. The van der Waals surface area contributed by atoms with Gasteiger partial charge in [-0.3, -0.25) is 0 Å². The summed E-state index contributed by atoms with van der Waals surface area (Å²) >= 11 is 0. The van der Waals surface area contributed by atoms with Crippen LogP contribution in [0.4, 0.5) is 0 Å². The number of nitrogens with two attached hydrogens (primary N) is 1. The maximum atomic E-state index is 5.15. The Hall–Kier alpha value is -0.530. The van der Waals surface area contributed by atoms with Gasteiger partial charge in [0.1, 0.15) is 0 Å². The first-order valence-electron chi connectivity index (χ1n) is 4.10. The molecular formula is C8H18N2. The molecule has 0 unspecified atom stereocenters. The van der Waals surface area contributed by atoms with Crippen molar-refractivity contribution < 1.29 is 0 Å². The molecule has 0 amide bonds. The zero-order valence-corrected chi connectivity index (χ0v) is 7.06. The Bertz CT molecular complexity index is 97.4. The summed E-state index contributed by atoms with van der Waals surface area (Å²) in [5.74, 6) is 5.15. The predicted molar refractivity (Wildman–Crippen MR) is 46.1 cm³/mol. The highest BCUT2D eigenvalue weighted by molar-refractivity contribution is 5.83. The molecule has 10 heavy (non-hydrogen) atoms. The molecule has 0 saturated carbocycles. The number of nitrogens with zero attached hydrogens (tertiary/aromatic N) is 1. The van der Waals surface area contributed by atoms with Crippen LogP contribution in [0.25, 0.3) is 0 Å². The van der Waals surface area contributed by atoms with Crippen molar-refractivity contribution in [2.45, 2.75) is 46.0 Å². The molecule has 0 aliphatic heterocycles. The molecule has 0 heterocycles. The van der Waals surface area contributed by atoms with Crippen LogP contribution in [0, 0.1) is 0 Å². The van der Waals surface area contributed by atoms with Crippen molar-refractivity contribution in [3.8, 4) is 0 Å². The molecule has 0 aromatic carbocycles. The van der Waals surface area contributed by atoms with Gasteiger partial charge in [0.05, 0.1) is 0 Å². The molecule has 0 rings (SSSR count). The van der Waals surface area contributed by atoms with Gasteiger partial charge in [0.2, 0.25) is 0 Å². The van der Waals surface area contributed by atoms with E-state index in [1.165, 1.54) is 19.3 Å². The smallest absolute Gasteiger partial charge is 0.0373 e. The third-order valence-corrected chi connectivity index (χ3v) is 1.66. The van der Waals surface area contributed by atoms with Gasteiger partial charge in [-0.05, 0) is 19.3 Å². The van der Waals surface area contributed by atoms with Crippen LogP contribution < -0.4 is 5.84 Å². The first kappa shape index (κ1) is 9.47. The van der Waals surface area contributed by atoms with Crippen molar-refractivity contribution in [3.05, 3.63) is 0 Å². The standard InChI is InChI=1S/C8H18N2/c1-3-5-6-7-8(4-2)10-9/h3-7,9H2,1-2H3/b10-8-. The topological polar surface area (TPSA) is 38.4 Å². The fourth-order valence-corrected chi connectivity index (χ4v) is 0.912. The SMILES string of the molecule is CCCCC/C(CC)=N\N. The van der Waals surface area contributed by atoms with Crippen molar-refractivity contribution in [1.29, 1.82) is 0 Å². The summed E-state index contributed by atoms with van der Waals surface area (Å²) in [6.07, 6.45) is 5.88. The van der Waals surface area contributed by atoms with Crippen LogP contribution in [0.15, 0.2) is 5.10 Å². The highest BCUT2D eigenvalue weighted by Gasteiger charge is 1.93. The molecule has 0 saturated heterocycles. The Kier molecular flexibility index (Phi) is 6.24. The molecule has 0 spiro atoms. The normalized spacial score (nSPS) is 12.0. The number of unbranched alkanes of at least 4 members (excludes halogenated alkanes) is 2. The van der Waals surface area contributed by atoms with Crippen LogP contribution >= 0.6 is 0 Å². The van der Waals surface area contributed by atoms with E-state index in [-0.39, 0.29) is 0 Å². The summed E-state index contributed by atoms with van der Waals surface area (Å²) < 4.78 is 0. The lowest BCUT2D eigenvalue weighted by atomic mass is 10.1. The molecular weight excluding hydrogens is 124 g/mol. The van der Waals surface area contributed by atoms with Gasteiger partial charge in [-0.15, -0.1) is 0 Å². The lowest BCUT2D eigenvalue weighted by molar-refractivity contribution is 0.736. The van der Waals surface area contributed by atoms with Gasteiger partial charge < -0.3 is 5.84 Å². The van der Waals surface area contributed by atoms with E-state index < -0.39 is 0 Å². The van der Waals surface area contributed by atoms with Crippen molar-refractivity contribution in [2.75, 3.05) is 0 Å². The van der Waals surface area contributed by atoms with Crippen LogP contribution in [-0.2, 0) is 0 Å². The highest BCUT2D eigenvalue weighted by Crippen LogP contribution is 2.01. The molecule has 0 aliphatic rings. The highest BCUT2D eigenvalue weighted by atomic mass is 15.1. The lowest BCUT2D eigenvalue weighted by Crippen LogP contribution is -1.99. The zero-order valence-electron chi connectivity index (χ0n) is 7.06. The Labute approximate surface area is 63.5 Å². The molecule has 0 bridgehead atoms. The number of hydrogen-bond acceptors (Lipinski definition) is 2. The second-order valence-electron chi connectivity index (χ2n) is 2.51. The second-order valence-corrected chi connectivity index (χ2v) is 2.51. The molecule has 0 aliphatic carbocycles. The molecule has 0 aromatic rings. The maximum Gasteiger partial charge on any atom is 0.0373 e. The van der Waals surface area contributed by atoms with E-state index in [1.807, 2.05) is 0 Å². The Morgan fingerprint density at radius 1 is 1.30 bits per heavy atom. The van der Waals surface area contributed by atoms with E-state index in [0.29, 0.717) is 0 Å². The fraction of sp³-hybridized carbons (Fsp3) is 0.875. The molecule has 0 aromatic heterocycles. The number of hydrogen-bond donors (Lipinski definition) is 1. The van der Waals surface area contributed by atoms with Gasteiger partial charge in [-0.1, -0.05) is 26.7 Å². The molecule has 2 heteroatoms. The van der Waals surface area contributed by atoms with Crippen molar-refractivity contribution in [1.82, 2.24) is 0 Å². The number of hydrazone groups is 1. The van der Waals surface area contributed by atoms with Crippen LogP contribution in [0.5, 0.6) is 0 Å². The van der Waals surface area contributed by atoms with Crippen molar-refractivity contribution in [2.24, 2.45) is 10.9 Å². The fourth-order valence-electron chi connectivity index (χ4n) is 0.912. The zero-order chi connectivity index (χ0) is 7.82. The van der Waals surface area contributed by atoms with E-state index >= 15 is 0 Å². The van der Waals surface area contributed by atoms with E-state index in [9.17, 15) is 0 Å². The van der Waals surface area contributed by atoms with E-state index in [0.717, 1.165) is 18.6 Å². The molecule has 0 atom stereocenters. The molecule has 0 fully saturated rings.